The van der Waals surface area contributed by atoms with Gasteiger partial charge in [-0.25, -0.2) is 4.98 Å². The van der Waals surface area contributed by atoms with Crippen molar-refractivity contribution in [3.63, 3.8) is 0 Å². The van der Waals surface area contributed by atoms with Crippen LogP contribution in [0.25, 0.3) is 0 Å². The van der Waals surface area contributed by atoms with Crippen LogP contribution < -0.4 is 10.6 Å². The van der Waals surface area contributed by atoms with Gasteiger partial charge in [0.25, 0.3) is 5.91 Å². The Hall–Kier alpha value is -1.62. The molecule has 5 heteroatoms. The molecule has 1 aliphatic heterocycles. The lowest BCUT2D eigenvalue weighted by molar-refractivity contribution is -0.125. The van der Waals surface area contributed by atoms with E-state index in [9.17, 15) is 4.79 Å². The second-order valence-electron chi connectivity index (χ2n) is 3.51. The number of anilines is 2. The molecule has 2 heterocycles. The van der Waals surface area contributed by atoms with Crippen LogP contribution in [0.1, 0.15) is 5.56 Å². The van der Waals surface area contributed by atoms with Crippen LogP contribution >= 0.6 is 0 Å². The van der Waals surface area contributed by atoms with Crippen LogP contribution in [0.4, 0.5) is 11.5 Å². The summed E-state index contributed by atoms with van der Waals surface area (Å²) in [6.07, 6.45) is 1.56. The van der Waals surface area contributed by atoms with Gasteiger partial charge in [-0.15, -0.1) is 0 Å². The number of ether oxygens (including phenoxy) is 1. The van der Waals surface area contributed by atoms with E-state index in [1.165, 1.54) is 0 Å². The smallest absolute Gasteiger partial charge is 0.254 e. The van der Waals surface area contributed by atoms with Crippen molar-refractivity contribution in [2.45, 2.75) is 6.92 Å². The van der Waals surface area contributed by atoms with Crippen molar-refractivity contribution < 1.29 is 9.53 Å². The van der Waals surface area contributed by atoms with Crippen molar-refractivity contribution in [3.05, 3.63) is 17.8 Å². The molecule has 0 radical (unpaired) electrons. The normalized spacial score (nSPS) is 16.9. The lowest BCUT2D eigenvalue weighted by Gasteiger charge is -2.27. The van der Waals surface area contributed by atoms with Crippen LogP contribution in [0, 0.1) is 6.92 Å². The zero-order valence-corrected chi connectivity index (χ0v) is 8.56. The maximum atomic E-state index is 11.6. The molecular formula is C10H13N3O2. The maximum Gasteiger partial charge on any atom is 0.254 e. The number of nitrogens with zero attached hydrogens (tertiary/aromatic N) is 2. The Balaban J connectivity index is 2.31. The number of amides is 1. The Labute approximate surface area is 87.8 Å². The molecule has 2 N–H and O–H groups in total. The number of nitrogen functional groups attached to an aromatic ring is 1. The van der Waals surface area contributed by atoms with Crippen molar-refractivity contribution in [2.75, 3.05) is 30.4 Å². The fourth-order valence-corrected chi connectivity index (χ4v) is 1.61. The van der Waals surface area contributed by atoms with Crippen LogP contribution in [0.2, 0.25) is 0 Å². The van der Waals surface area contributed by atoms with Gasteiger partial charge in [-0.05, 0) is 18.6 Å². The highest BCUT2D eigenvalue weighted by atomic mass is 16.5. The maximum absolute atomic E-state index is 11.6. The summed E-state index contributed by atoms with van der Waals surface area (Å²) in [5.41, 5.74) is 7.12. The molecule has 0 unspecified atom stereocenters. The molecule has 5 nitrogen and oxygen atoms in total. The van der Waals surface area contributed by atoms with E-state index >= 15 is 0 Å². The largest absolute Gasteiger partial charge is 0.397 e. The van der Waals surface area contributed by atoms with Gasteiger partial charge in [-0.1, -0.05) is 0 Å². The van der Waals surface area contributed by atoms with E-state index in [2.05, 4.69) is 4.98 Å². The molecule has 80 valence electrons. The Bertz CT molecular complexity index is 392. The Kier molecular flexibility index (Phi) is 2.55. The van der Waals surface area contributed by atoms with Crippen molar-refractivity contribution >= 4 is 17.4 Å². The number of carbonyl (C=O) groups excluding carboxylic acids is 1. The van der Waals surface area contributed by atoms with Crippen molar-refractivity contribution in [1.82, 2.24) is 4.98 Å². The van der Waals surface area contributed by atoms with Crippen molar-refractivity contribution in [2.24, 2.45) is 0 Å². The summed E-state index contributed by atoms with van der Waals surface area (Å²) in [6.45, 7) is 3.13. The summed E-state index contributed by atoms with van der Waals surface area (Å²) in [4.78, 5) is 17.4. The molecular weight excluding hydrogens is 194 g/mol. The number of morpholine rings is 1. The zero-order chi connectivity index (χ0) is 10.8. The molecule has 1 aromatic heterocycles. The molecule has 1 saturated heterocycles. The molecule has 0 aromatic carbocycles. The molecule has 0 spiro atoms. The molecule has 0 atom stereocenters. The molecule has 1 aliphatic rings. The number of aromatic nitrogens is 1. The lowest BCUT2D eigenvalue weighted by Crippen LogP contribution is -2.42. The van der Waals surface area contributed by atoms with Crippen molar-refractivity contribution in [1.29, 1.82) is 0 Å². The number of hydrogen-bond acceptors (Lipinski definition) is 4. The van der Waals surface area contributed by atoms with E-state index in [-0.39, 0.29) is 12.5 Å². The molecule has 0 saturated carbocycles. The molecule has 15 heavy (non-hydrogen) atoms. The Morgan fingerprint density at radius 1 is 1.60 bits per heavy atom. The summed E-state index contributed by atoms with van der Waals surface area (Å²) in [5, 5.41) is 0. The van der Waals surface area contributed by atoms with Crippen LogP contribution in [0.15, 0.2) is 12.3 Å². The third-order valence-corrected chi connectivity index (χ3v) is 2.31. The van der Waals surface area contributed by atoms with Crippen LogP contribution in [0.3, 0.4) is 0 Å². The van der Waals surface area contributed by atoms with Gasteiger partial charge in [-0.2, -0.15) is 0 Å². The van der Waals surface area contributed by atoms with Crippen LogP contribution in [-0.4, -0.2) is 30.6 Å². The van der Waals surface area contributed by atoms with Gasteiger partial charge in [0.15, 0.2) is 0 Å². The molecule has 1 aromatic rings. The Morgan fingerprint density at radius 3 is 3.07 bits per heavy atom. The van der Waals surface area contributed by atoms with E-state index in [1.54, 1.807) is 11.1 Å². The van der Waals surface area contributed by atoms with Gasteiger partial charge in [0.2, 0.25) is 0 Å². The minimum Gasteiger partial charge on any atom is -0.397 e. The fraction of sp³-hybridized carbons (Fsp3) is 0.400. The number of aryl methyl sites for hydroxylation is 1. The predicted molar refractivity (Wildman–Crippen MR) is 56.6 cm³/mol. The molecule has 2 rings (SSSR count). The Morgan fingerprint density at radius 2 is 2.40 bits per heavy atom. The second-order valence-corrected chi connectivity index (χ2v) is 3.51. The van der Waals surface area contributed by atoms with E-state index in [0.717, 1.165) is 5.56 Å². The van der Waals surface area contributed by atoms with E-state index in [1.807, 2.05) is 13.0 Å². The van der Waals surface area contributed by atoms with E-state index in [4.69, 9.17) is 10.5 Å². The fourth-order valence-electron chi connectivity index (χ4n) is 1.61. The van der Waals surface area contributed by atoms with Crippen LogP contribution in [-0.2, 0) is 9.53 Å². The standard InChI is InChI=1S/C10H13N3O2/c1-7-4-8(11)5-12-10(7)13-2-3-15-6-9(13)14/h4-5H,2-3,6,11H2,1H3. The van der Waals surface area contributed by atoms with Gasteiger partial charge in [0, 0.05) is 0 Å². The highest BCUT2D eigenvalue weighted by Crippen LogP contribution is 2.20. The quantitative estimate of drug-likeness (QED) is 0.720. The SMILES string of the molecule is Cc1cc(N)cnc1N1CCOCC1=O. The van der Waals surface area contributed by atoms with Gasteiger partial charge < -0.3 is 10.5 Å². The summed E-state index contributed by atoms with van der Waals surface area (Å²) >= 11 is 0. The predicted octanol–water partition coefficient (Wildman–Crippen LogP) is 0.335. The number of nitrogens with two attached hydrogens (primary N) is 1. The first-order chi connectivity index (χ1) is 7.18. The zero-order valence-electron chi connectivity index (χ0n) is 8.56. The summed E-state index contributed by atoms with van der Waals surface area (Å²) in [7, 11) is 0. The highest BCUT2D eigenvalue weighted by molar-refractivity contribution is 5.94. The summed E-state index contributed by atoms with van der Waals surface area (Å²) < 4.78 is 5.05. The first kappa shape index (κ1) is 9.92. The number of hydrogen-bond donors (Lipinski definition) is 1. The van der Waals surface area contributed by atoms with Gasteiger partial charge in [0.1, 0.15) is 12.4 Å². The van der Waals surface area contributed by atoms with Gasteiger partial charge in [-0.3, -0.25) is 9.69 Å². The monoisotopic (exact) mass is 207 g/mol. The number of pyridine rings is 1. The first-order valence-corrected chi connectivity index (χ1v) is 4.78. The molecule has 0 aliphatic carbocycles. The number of rotatable bonds is 1. The highest BCUT2D eigenvalue weighted by Gasteiger charge is 2.22. The first-order valence-electron chi connectivity index (χ1n) is 4.78. The van der Waals surface area contributed by atoms with Gasteiger partial charge in [0.05, 0.1) is 25.0 Å². The van der Waals surface area contributed by atoms with Gasteiger partial charge >= 0.3 is 0 Å². The van der Waals surface area contributed by atoms with E-state index in [0.29, 0.717) is 24.7 Å². The van der Waals surface area contributed by atoms with E-state index < -0.39 is 0 Å². The van der Waals surface area contributed by atoms with Crippen molar-refractivity contribution in [3.8, 4) is 0 Å². The summed E-state index contributed by atoms with van der Waals surface area (Å²) in [5.74, 6) is 0.624. The van der Waals surface area contributed by atoms with Crippen LogP contribution in [0.5, 0.6) is 0 Å². The minimum atomic E-state index is -0.0541. The molecule has 1 amide bonds. The topological polar surface area (TPSA) is 68.4 Å². The lowest BCUT2D eigenvalue weighted by atomic mass is 10.2. The summed E-state index contributed by atoms with van der Waals surface area (Å²) in [6, 6.07) is 1.81. The minimum absolute atomic E-state index is 0.0541. The average Bonchev–Trinajstić information content (AvgIpc) is 2.20. The molecule has 1 fully saturated rings. The second kappa shape index (κ2) is 3.86. The number of carbonyl (C=O) groups is 1. The average molecular weight is 207 g/mol. The third kappa shape index (κ3) is 1.92. The third-order valence-electron chi connectivity index (χ3n) is 2.31. The molecule has 0 bridgehead atoms.